The van der Waals surface area contributed by atoms with E-state index < -0.39 is 0 Å². The molecule has 0 radical (unpaired) electrons. The lowest BCUT2D eigenvalue weighted by Gasteiger charge is -2.35. The molecule has 2 saturated heterocycles. The summed E-state index contributed by atoms with van der Waals surface area (Å²) in [6.07, 6.45) is 4.74. The molecule has 2 atom stereocenters. The molecule has 3 rings (SSSR count). The largest absolute Gasteiger partial charge is 0.339 e. The molecule has 2 bridgehead atoms. The summed E-state index contributed by atoms with van der Waals surface area (Å²) in [5.74, 6) is 0.178. The molecular formula is C17H24N2O. The number of piperidine rings is 1. The molecule has 2 fully saturated rings. The Balaban J connectivity index is 1.78. The van der Waals surface area contributed by atoms with Crippen molar-refractivity contribution in [2.45, 2.75) is 57.7 Å². The van der Waals surface area contributed by atoms with Crippen LogP contribution in [0.1, 0.15) is 47.2 Å². The van der Waals surface area contributed by atoms with Gasteiger partial charge in [0.15, 0.2) is 0 Å². The normalized spacial score (nSPS) is 28.4. The van der Waals surface area contributed by atoms with E-state index in [-0.39, 0.29) is 5.91 Å². The molecule has 20 heavy (non-hydrogen) atoms. The van der Waals surface area contributed by atoms with Gasteiger partial charge in [-0.2, -0.15) is 0 Å². The number of fused-ring (bicyclic) bond motifs is 2. The SMILES string of the molecule is Cc1ccc(C)c(C(=O)N(C)C2CC3CCC(C2)N3)c1. The van der Waals surface area contributed by atoms with Crippen molar-refractivity contribution in [1.82, 2.24) is 10.2 Å². The Morgan fingerprint density at radius 1 is 1.20 bits per heavy atom. The molecule has 0 aliphatic carbocycles. The number of carbonyl (C=O) groups excluding carboxylic acids is 1. The van der Waals surface area contributed by atoms with Gasteiger partial charge >= 0.3 is 0 Å². The lowest BCUT2D eigenvalue weighted by molar-refractivity contribution is 0.0681. The molecule has 108 valence electrons. The molecular weight excluding hydrogens is 248 g/mol. The first-order valence-corrected chi connectivity index (χ1v) is 7.65. The van der Waals surface area contributed by atoms with Crippen LogP contribution >= 0.6 is 0 Å². The summed E-state index contributed by atoms with van der Waals surface area (Å²) in [5, 5.41) is 3.64. The predicted molar refractivity (Wildman–Crippen MR) is 81.0 cm³/mol. The van der Waals surface area contributed by atoms with Crippen LogP contribution in [0.15, 0.2) is 18.2 Å². The Hall–Kier alpha value is -1.35. The second-order valence-electron chi connectivity index (χ2n) is 6.50. The fraction of sp³-hybridized carbons (Fsp3) is 0.588. The van der Waals surface area contributed by atoms with E-state index in [4.69, 9.17) is 0 Å². The van der Waals surface area contributed by atoms with Crippen molar-refractivity contribution in [2.24, 2.45) is 0 Å². The minimum Gasteiger partial charge on any atom is -0.339 e. The van der Waals surface area contributed by atoms with Crippen molar-refractivity contribution in [2.75, 3.05) is 7.05 Å². The average molecular weight is 272 g/mol. The molecule has 2 aliphatic rings. The third-order valence-corrected chi connectivity index (χ3v) is 4.94. The highest BCUT2D eigenvalue weighted by molar-refractivity contribution is 5.95. The van der Waals surface area contributed by atoms with E-state index in [0.29, 0.717) is 18.1 Å². The second-order valence-corrected chi connectivity index (χ2v) is 6.50. The van der Waals surface area contributed by atoms with Crippen LogP contribution in [0.5, 0.6) is 0 Å². The first kappa shape index (κ1) is 13.6. The summed E-state index contributed by atoms with van der Waals surface area (Å²) < 4.78 is 0. The van der Waals surface area contributed by atoms with Gasteiger partial charge in [0.05, 0.1) is 0 Å². The highest BCUT2D eigenvalue weighted by Gasteiger charge is 2.36. The van der Waals surface area contributed by atoms with Crippen molar-refractivity contribution in [3.63, 3.8) is 0 Å². The van der Waals surface area contributed by atoms with Crippen LogP contribution < -0.4 is 5.32 Å². The first-order valence-electron chi connectivity index (χ1n) is 7.65. The number of hydrogen-bond acceptors (Lipinski definition) is 2. The topological polar surface area (TPSA) is 32.3 Å². The minimum atomic E-state index is 0.178. The maximum atomic E-state index is 12.8. The number of rotatable bonds is 2. The van der Waals surface area contributed by atoms with Crippen LogP contribution in [0.2, 0.25) is 0 Å². The van der Waals surface area contributed by atoms with E-state index in [2.05, 4.69) is 11.4 Å². The third-order valence-electron chi connectivity index (χ3n) is 4.94. The van der Waals surface area contributed by atoms with Gasteiger partial charge < -0.3 is 10.2 Å². The number of nitrogens with one attached hydrogen (secondary N) is 1. The lowest BCUT2D eigenvalue weighted by Crippen LogP contribution is -2.48. The predicted octanol–water partition coefficient (Wildman–Crippen LogP) is 2.66. The van der Waals surface area contributed by atoms with E-state index in [1.165, 1.54) is 12.8 Å². The number of benzene rings is 1. The van der Waals surface area contributed by atoms with E-state index in [1.807, 2.05) is 37.9 Å². The summed E-state index contributed by atoms with van der Waals surface area (Å²) in [7, 11) is 1.97. The summed E-state index contributed by atoms with van der Waals surface area (Å²) in [5.41, 5.74) is 3.08. The summed E-state index contributed by atoms with van der Waals surface area (Å²) in [6.45, 7) is 4.06. The maximum absolute atomic E-state index is 12.8. The summed E-state index contributed by atoms with van der Waals surface area (Å²) >= 11 is 0. The molecule has 1 N–H and O–H groups in total. The van der Waals surface area contributed by atoms with Gasteiger partial charge in [0, 0.05) is 30.7 Å². The molecule has 0 aromatic heterocycles. The van der Waals surface area contributed by atoms with Crippen molar-refractivity contribution in [3.05, 3.63) is 34.9 Å². The Bertz CT molecular complexity index is 514. The third kappa shape index (κ3) is 2.47. The molecule has 1 amide bonds. The maximum Gasteiger partial charge on any atom is 0.254 e. The molecule has 2 unspecified atom stereocenters. The van der Waals surface area contributed by atoms with Crippen LogP contribution in [0.3, 0.4) is 0 Å². The molecule has 0 saturated carbocycles. The molecule has 1 aromatic carbocycles. The van der Waals surface area contributed by atoms with Gasteiger partial charge in [-0.25, -0.2) is 0 Å². The number of hydrogen-bond donors (Lipinski definition) is 1. The van der Waals surface area contributed by atoms with Gasteiger partial charge in [-0.3, -0.25) is 4.79 Å². The van der Waals surface area contributed by atoms with Crippen molar-refractivity contribution in [1.29, 1.82) is 0 Å². The van der Waals surface area contributed by atoms with Crippen LogP contribution in [0.4, 0.5) is 0 Å². The van der Waals surface area contributed by atoms with Gasteiger partial charge in [-0.1, -0.05) is 17.7 Å². The fourth-order valence-electron chi connectivity index (χ4n) is 3.67. The molecule has 3 nitrogen and oxygen atoms in total. The summed E-state index contributed by atoms with van der Waals surface area (Å²) in [4.78, 5) is 14.7. The van der Waals surface area contributed by atoms with Gasteiger partial charge in [0.25, 0.3) is 5.91 Å². The van der Waals surface area contributed by atoms with Crippen LogP contribution in [-0.4, -0.2) is 36.0 Å². The number of nitrogens with zero attached hydrogens (tertiary/aromatic N) is 1. The highest BCUT2D eigenvalue weighted by Crippen LogP contribution is 2.30. The van der Waals surface area contributed by atoms with E-state index in [1.54, 1.807) is 0 Å². The highest BCUT2D eigenvalue weighted by atomic mass is 16.2. The van der Waals surface area contributed by atoms with Gasteiger partial charge in [-0.05, 0) is 51.2 Å². The smallest absolute Gasteiger partial charge is 0.254 e. The quantitative estimate of drug-likeness (QED) is 0.897. The summed E-state index contributed by atoms with van der Waals surface area (Å²) in [6, 6.07) is 7.75. The van der Waals surface area contributed by atoms with Gasteiger partial charge in [0.2, 0.25) is 0 Å². The Morgan fingerprint density at radius 3 is 2.50 bits per heavy atom. The molecule has 2 aliphatic heterocycles. The zero-order chi connectivity index (χ0) is 14.3. The minimum absolute atomic E-state index is 0.178. The zero-order valence-corrected chi connectivity index (χ0v) is 12.6. The van der Waals surface area contributed by atoms with Gasteiger partial charge in [-0.15, -0.1) is 0 Å². The monoisotopic (exact) mass is 272 g/mol. The molecule has 0 spiro atoms. The molecule has 2 heterocycles. The first-order chi connectivity index (χ1) is 9.54. The number of amides is 1. The van der Waals surface area contributed by atoms with Crippen LogP contribution in [0, 0.1) is 13.8 Å². The lowest BCUT2D eigenvalue weighted by atomic mass is 9.97. The number of aryl methyl sites for hydroxylation is 2. The van der Waals surface area contributed by atoms with Crippen molar-refractivity contribution < 1.29 is 4.79 Å². The Kier molecular flexibility index (Phi) is 3.55. The Labute approximate surface area is 121 Å². The van der Waals surface area contributed by atoms with Crippen LogP contribution in [-0.2, 0) is 0 Å². The second kappa shape index (κ2) is 5.21. The van der Waals surface area contributed by atoms with Crippen molar-refractivity contribution in [3.8, 4) is 0 Å². The van der Waals surface area contributed by atoms with E-state index in [9.17, 15) is 4.79 Å². The Morgan fingerprint density at radius 2 is 1.85 bits per heavy atom. The van der Waals surface area contributed by atoms with E-state index >= 15 is 0 Å². The molecule has 1 aromatic rings. The van der Waals surface area contributed by atoms with E-state index in [0.717, 1.165) is 29.5 Å². The average Bonchev–Trinajstić information content (AvgIpc) is 2.78. The standard InChI is InChI=1S/C17H24N2O/c1-11-4-5-12(2)16(8-11)17(20)19(3)15-9-13-6-7-14(10-15)18-13/h4-5,8,13-15,18H,6-7,9-10H2,1-3H3. The van der Waals surface area contributed by atoms with Crippen LogP contribution in [0.25, 0.3) is 0 Å². The van der Waals surface area contributed by atoms with Crippen molar-refractivity contribution >= 4 is 5.91 Å². The molecule has 3 heteroatoms. The fourth-order valence-corrected chi connectivity index (χ4v) is 3.67. The zero-order valence-electron chi connectivity index (χ0n) is 12.6. The van der Waals surface area contributed by atoms with Gasteiger partial charge in [0.1, 0.15) is 0 Å². The number of carbonyl (C=O) groups is 1.